The third-order valence-electron chi connectivity index (χ3n) is 2.58. The maximum Gasteiger partial charge on any atom is 0.437 e. The van der Waals surface area contributed by atoms with Crippen LogP contribution in [0.5, 0.6) is 0 Å². The van der Waals surface area contributed by atoms with Crippen LogP contribution in [0.4, 0.5) is 0 Å². The molecule has 0 bridgehead atoms. The fraction of sp³-hybridized carbons (Fsp3) is 0.462. The molecule has 0 fully saturated rings. The average molecular weight is 295 g/mol. The van der Waals surface area contributed by atoms with Gasteiger partial charge >= 0.3 is 5.76 Å². The van der Waals surface area contributed by atoms with Gasteiger partial charge < -0.3 is 9.73 Å². The van der Waals surface area contributed by atoms with E-state index in [-0.39, 0.29) is 5.91 Å². The first-order valence-corrected chi connectivity index (χ1v) is 7.32. The molecular formula is C13H17N3O3S. The molecular weight excluding hydrogens is 278 g/mol. The molecule has 1 N–H and O–H groups in total. The molecule has 0 aromatic carbocycles. The SMILES string of the molecule is CC(C)CC(=O)NCCn1nc(-c2cccs2)oc1=O. The molecule has 7 heteroatoms. The van der Waals surface area contributed by atoms with Crippen LogP contribution >= 0.6 is 11.3 Å². The number of nitrogens with one attached hydrogen (secondary N) is 1. The fourth-order valence-electron chi connectivity index (χ4n) is 1.69. The summed E-state index contributed by atoms with van der Waals surface area (Å²) < 4.78 is 6.30. The minimum Gasteiger partial charge on any atom is -0.387 e. The van der Waals surface area contributed by atoms with Crippen molar-refractivity contribution in [3.63, 3.8) is 0 Å². The quantitative estimate of drug-likeness (QED) is 0.880. The van der Waals surface area contributed by atoms with Gasteiger partial charge in [0.05, 0.1) is 11.4 Å². The van der Waals surface area contributed by atoms with Gasteiger partial charge in [0.15, 0.2) is 0 Å². The molecule has 0 aliphatic rings. The Morgan fingerprint density at radius 3 is 3.00 bits per heavy atom. The summed E-state index contributed by atoms with van der Waals surface area (Å²) in [5.41, 5.74) is 0. The highest BCUT2D eigenvalue weighted by atomic mass is 32.1. The lowest BCUT2D eigenvalue weighted by molar-refractivity contribution is -0.121. The van der Waals surface area contributed by atoms with Crippen molar-refractivity contribution in [2.75, 3.05) is 6.54 Å². The molecule has 6 nitrogen and oxygen atoms in total. The second-order valence-corrected chi connectivity index (χ2v) is 5.77. The third-order valence-corrected chi connectivity index (χ3v) is 3.44. The van der Waals surface area contributed by atoms with Gasteiger partial charge in [0.1, 0.15) is 0 Å². The minimum atomic E-state index is -0.508. The summed E-state index contributed by atoms with van der Waals surface area (Å²) in [5.74, 6) is 0.107. The topological polar surface area (TPSA) is 77.1 Å². The molecule has 20 heavy (non-hydrogen) atoms. The van der Waals surface area contributed by atoms with Crippen LogP contribution in [0.2, 0.25) is 0 Å². The van der Waals surface area contributed by atoms with Crippen molar-refractivity contribution < 1.29 is 9.21 Å². The second kappa shape index (κ2) is 6.51. The van der Waals surface area contributed by atoms with E-state index in [1.54, 1.807) is 0 Å². The second-order valence-electron chi connectivity index (χ2n) is 4.82. The first-order chi connectivity index (χ1) is 9.56. The van der Waals surface area contributed by atoms with E-state index in [2.05, 4.69) is 10.4 Å². The number of thiophene rings is 1. The number of hydrogen-bond donors (Lipinski definition) is 1. The van der Waals surface area contributed by atoms with Crippen LogP contribution in [0.1, 0.15) is 20.3 Å². The van der Waals surface area contributed by atoms with Crippen LogP contribution in [-0.4, -0.2) is 22.2 Å². The summed E-state index contributed by atoms with van der Waals surface area (Å²) in [5, 5.41) is 8.75. The molecule has 0 atom stereocenters. The zero-order valence-electron chi connectivity index (χ0n) is 11.5. The summed E-state index contributed by atoms with van der Waals surface area (Å²) in [6.45, 7) is 4.63. The molecule has 0 spiro atoms. The van der Waals surface area contributed by atoms with E-state index in [0.717, 1.165) is 4.88 Å². The van der Waals surface area contributed by atoms with Gasteiger partial charge in [-0.15, -0.1) is 16.4 Å². The molecule has 0 aliphatic carbocycles. The van der Waals surface area contributed by atoms with Crippen molar-refractivity contribution in [2.24, 2.45) is 5.92 Å². The molecule has 108 valence electrons. The zero-order chi connectivity index (χ0) is 14.5. The van der Waals surface area contributed by atoms with E-state index in [4.69, 9.17) is 4.42 Å². The van der Waals surface area contributed by atoms with E-state index in [1.165, 1.54) is 16.0 Å². The van der Waals surface area contributed by atoms with Crippen LogP contribution in [0, 0.1) is 5.92 Å². The minimum absolute atomic E-state index is 0.0185. The highest BCUT2D eigenvalue weighted by Crippen LogP contribution is 2.20. The highest BCUT2D eigenvalue weighted by Gasteiger charge is 2.11. The Balaban J connectivity index is 1.91. The number of rotatable bonds is 6. The number of aromatic nitrogens is 2. The largest absolute Gasteiger partial charge is 0.437 e. The van der Waals surface area contributed by atoms with E-state index < -0.39 is 5.76 Å². The molecule has 0 unspecified atom stereocenters. The highest BCUT2D eigenvalue weighted by molar-refractivity contribution is 7.13. The lowest BCUT2D eigenvalue weighted by Crippen LogP contribution is -2.30. The summed E-state index contributed by atoms with van der Waals surface area (Å²) >= 11 is 1.46. The Bertz CT molecular complexity index is 613. The van der Waals surface area contributed by atoms with Crippen LogP contribution < -0.4 is 11.1 Å². The van der Waals surface area contributed by atoms with Gasteiger partial charge in [0, 0.05) is 13.0 Å². The van der Waals surface area contributed by atoms with Crippen molar-refractivity contribution >= 4 is 17.2 Å². The lowest BCUT2D eigenvalue weighted by Gasteiger charge is -2.06. The van der Waals surface area contributed by atoms with Crippen LogP contribution in [0.3, 0.4) is 0 Å². The fourth-order valence-corrected chi connectivity index (χ4v) is 2.34. The van der Waals surface area contributed by atoms with Crippen molar-refractivity contribution in [1.82, 2.24) is 15.1 Å². The first kappa shape index (κ1) is 14.5. The summed E-state index contributed by atoms with van der Waals surface area (Å²) in [6, 6.07) is 3.70. The molecule has 1 amide bonds. The maximum absolute atomic E-state index is 11.6. The lowest BCUT2D eigenvalue weighted by atomic mass is 10.1. The predicted molar refractivity (Wildman–Crippen MR) is 76.5 cm³/mol. The number of carbonyl (C=O) groups excluding carboxylic acids is 1. The number of hydrogen-bond acceptors (Lipinski definition) is 5. The molecule has 0 saturated heterocycles. The van der Waals surface area contributed by atoms with Crippen molar-refractivity contribution in [1.29, 1.82) is 0 Å². The number of carbonyl (C=O) groups is 1. The van der Waals surface area contributed by atoms with Gasteiger partial charge in [-0.3, -0.25) is 4.79 Å². The molecule has 0 saturated carbocycles. The molecule has 0 radical (unpaired) electrons. The van der Waals surface area contributed by atoms with E-state index in [9.17, 15) is 9.59 Å². The van der Waals surface area contributed by atoms with Crippen LogP contribution in [0.25, 0.3) is 10.8 Å². The third kappa shape index (κ3) is 3.80. The van der Waals surface area contributed by atoms with E-state index >= 15 is 0 Å². The Morgan fingerprint density at radius 1 is 1.55 bits per heavy atom. The van der Waals surface area contributed by atoms with Gasteiger partial charge in [-0.05, 0) is 17.4 Å². The van der Waals surface area contributed by atoms with Crippen molar-refractivity contribution in [3.05, 3.63) is 28.1 Å². The Labute approximate surface area is 120 Å². The summed E-state index contributed by atoms with van der Waals surface area (Å²) in [4.78, 5) is 23.9. The first-order valence-electron chi connectivity index (χ1n) is 6.45. The van der Waals surface area contributed by atoms with Crippen molar-refractivity contribution in [2.45, 2.75) is 26.8 Å². The number of nitrogens with zero attached hydrogens (tertiary/aromatic N) is 2. The summed E-state index contributed by atoms with van der Waals surface area (Å²) in [7, 11) is 0. The Kier molecular flexibility index (Phi) is 4.73. The predicted octanol–water partition coefficient (Wildman–Crippen LogP) is 1.73. The number of amides is 1. The molecule has 2 aromatic rings. The Hall–Kier alpha value is -1.89. The van der Waals surface area contributed by atoms with Crippen LogP contribution in [0.15, 0.2) is 26.7 Å². The van der Waals surface area contributed by atoms with E-state index in [0.29, 0.717) is 31.3 Å². The van der Waals surface area contributed by atoms with Gasteiger partial charge in [0.25, 0.3) is 5.89 Å². The van der Waals surface area contributed by atoms with Gasteiger partial charge in [-0.1, -0.05) is 19.9 Å². The average Bonchev–Trinajstić information content (AvgIpc) is 2.98. The van der Waals surface area contributed by atoms with Crippen molar-refractivity contribution in [3.8, 4) is 10.8 Å². The molecule has 2 rings (SSSR count). The molecule has 2 heterocycles. The van der Waals surface area contributed by atoms with Gasteiger partial charge in [-0.2, -0.15) is 4.68 Å². The monoisotopic (exact) mass is 295 g/mol. The Morgan fingerprint density at radius 2 is 2.35 bits per heavy atom. The van der Waals surface area contributed by atoms with Gasteiger partial charge in [0.2, 0.25) is 5.91 Å². The smallest absolute Gasteiger partial charge is 0.387 e. The molecule has 2 aromatic heterocycles. The summed E-state index contributed by atoms with van der Waals surface area (Å²) in [6.07, 6.45) is 0.480. The molecule has 0 aliphatic heterocycles. The van der Waals surface area contributed by atoms with Gasteiger partial charge in [-0.25, -0.2) is 4.79 Å². The normalized spacial score (nSPS) is 10.9. The van der Waals surface area contributed by atoms with Crippen LogP contribution in [-0.2, 0) is 11.3 Å². The zero-order valence-corrected chi connectivity index (χ0v) is 12.3. The maximum atomic E-state index is 11.6. The van der Waals surface area contributed by atoms with E-state index in [1.807, 2.05) is 31.4 Å². The standard InChI is InChI=1S/C13H17N3O3S/c1-9(2)8-11(17)14-5-6-16-13(18)19-12(15-16)10-4-3-7-20-10/h3-4,7,9H,5-6,8H2,1-2H3,(H,14,17).